The molecule has 18 heavy (non-hydrogen) atoms. The van der Waals surface area contributed by atoms with E-state index in [-0.39, 0.29) is 5.82 Å². The molecule has 1 aromatic carbocycles. The number of likely N-dealkylation sites (tertiary alicyclic amines) is 1. The van der Waals surface area contributed by atoms with Gasteiger partial charge in [-0.15, -0.1) is 0 Å². The number of hydrogen-bond donors (Lipinski definition) is 2. The molecule has 1 fully saturated rings. The van der Waals surface area contributed by atoms with Crippen LogP contribution in [0.1, 0.15) is 17.5 Å². The Morgan fingerprint density at radius 1 is 1.61 bits per heavy atom. The summed E-state index contributed by atoms with van der Waals surface area (Å²) < 4.78 is 13.2. The second-order valence-corrected chi connectivity index (χ2v) is 4.82. The van der Waals surface area contributed by atoms with Crippen LogP contribution >= 0.6 is 0 Å². The highest BCUT2D eigenvalue weighted by Gasteiger charge is 2.34. The second kappa shape index (κ2) is 5.04. The van der Waals surface area contributed by atoms with Gasteiger partial charge in [0.2, 0.25) is 5.91 Å². The number of primary amides is 1. The molecule has 2 atom stereocenters. The number of aliphatic hydroxyl groups excluding tert-OH is 1. The fraction of sp³-hybridized carbons (Fsp3) is 0.462. The molecular weight excluding hydrogens is 235 g/mol. The maximum atomic E-state index is 13.2. The number of halogens is 1. The average molecular weight is 252 g/mol. The summed E-state index contributed by atoms with van der Waals surface area (Å²) in [5, 5.41) is 9.59. The summed E-state index contributed by atoms with van der Waals surface area (Å²) in [4.78, 5) is 13.1. The summed E-state index contributed by atoms with van der Waals surface area (Å²) in [6.07, 6.45) is -0.153. The molecule has 1 aromatic rings. The molecule has 0 saturated carbocycles. The predicted octanol–water partition coefficient (Wildman–Crippen LogP) is 0.555. The lowest BCUT2D eigenvalue weighted by Gasteiger charge is -2.21. The summed E-state index contributed by atoms with van der Waals surface area (Å²) >= 11 is 0. The number of nitrogens with two attached hydrogens (primary N) is 1. The van der Waals surface area contributed by atoms with E-state index in [1.165, 1.54) is 6.07 Å². The SMILES string of the molecule is Cc1cc(CN2C[C@H](O)C[C@H]2C(N)=O)ccc1F. The first-order valence-corrected chi connectivity index (χ1v) is 5.94. The first-order valence-electron chi connectivity index (χ1n) is 5.94. The minimum Gasteiger partial charge on any atom is -0.392 e. The minimum absolute atomic E-state index is 0.244. The summed E-state index contributed by atoms with van der Waals surface area (Å²) in [5.41, 5.74) is 6.79. The zero-order valence-electron chi connectivity index (χ0n) is 10.3. The second-order valence-electron chi connectivity index (χ2n) is 4.82. The van der Waals surface area contributed by atoms with Gasteiger partial charge >= 0.3 is 0 Å². The molecule has 1 saturated heterocycles. The van der Waals surface area contributed by atoms with Crippen LogP contribution in [0.15, 0.2) is 18.2 Å². The van der Waals surface area contributed by atoms with E-state index in [0.717, 1.165) is 5.56 Å². The van der Waals surface area contributed by atoms with Gasteiger partial charge in [-0.2, -0.15) is 0 Å². The fourth-order valence-corrected chi connectivity index (χ4v) is 2.39. The summed E-state index contributed by atoms with van der Waals surface area (Å²) in [6, 6.07) is 4.41. The van der Waals surface area contributed by atoms with Gasteiger partial charge in [0, 0.05) is 13.1 Å². The third-order valence-electron chi connectivity index (χ3n) is 3.32. The molecule has 0 unspecified atom stereocenters. The number of carbonyl (C=O) groups excluding carboxylic acids is 1. The number of rotatable bonds is 3. The van der Waals surface area contributed by atoms with Crippen LogP contribution in [0, 0.1) is 12.7 Å². The van der Waals surface area contributed by atoms with Crippen LogP contribution in [0.5, 0.6) is 0 Å². The van der Waals surface area contributed by atoms with Gasteiger partial charge in [-0.3, -0.25) is 9.69 Å². The number of β-amino-alcohol motifs (C(OH)–C–C–N with tert-alkyl or cyclic N) is 1. The molecule has 3 N–H and O–H groups in total. The van der Waals surface area contributed by atoms with E-state index in [9.17, 15) is 14.3 Å². The van der Waals surface area contributed by atoms with Crippen molar-refractivity contribution in [1.82, 2.24) is 4.90 Å². The molecule has 4 nitrogen and oxygen atoms in total. The lowest BCUT2D eigenvalue weighted by molar-refractivity contribution is -0.122. The lowest BCUT2D eigenvalue weighted by Crippen LogP contribution is -2.39. The normalized spacial score (nSPS) is 24.4. The van der Waals surface area contributed by atoms with E-state index in [1.54, 1.807) is 19.1 Å². The quantitative estimate of drug-likeness (QED) is 0.825. The molecule has 5 heteroatoms. The van der Waals surface area contributed by atoms with Crippen molar-refractivity contribution < 1.29 is 14.3 Å². The van der Waals surface area contributed by atoms with Crippen molar-refractivity contribution in [2.45, 2.75) is 32.0 Å². The topological polar surface area (TPSA) is 66.6 Å². The zero-order valence-corrected chi connectivity index (χ0v) is 10.3. The van der Waals surface area contributed by atoms with Gasteiger partial charge in [-0.05, 0) is 30.5 Å². The van der Waals surface area contributed by atoms with Crippen LogP contribution in [0.3, 0.4) is 0 Å². The van der Waals surface area contributed by atoms with Crippen LogP contribution in [-0.4, -0.2) is 34.6 Å². The van der Waals surface area contributed by atoms with Crippen molar-refractivity contribution in [2.24, 2.45) is 5.73 Å². The lowest BCUT2D eigenvalue weighted by atomic mass is 10.1. The van der Waals surface area contributed by atoms with Gasteiger partial charge in [0.05, 0.1) is 12.1 Å². The molecule has 1 aliphatic rings. The first-order chi connectivity index (χ1) is 8.47. The number of aryl methyl sites for hydroxylation is 1. The highest BCUT2D eigenvalue weighted by atomic mass is 19.1. The van der Waals surface area contributed by atoms with Crippen LogP contribution in [0.2, 0.25) is 0 Å². The summed E-state index contributed by atoms with van der Waals surface area (Å²) in [6.45, 7) is 2.61. The van der Waals surface area contributed by atoms with Crippen molar-refractivity contribution in [2.75, 3.05) is 6.54 Å². The van der Waals surface area contributed by atoms with Crippen molar-refractivity contribution >= 4 is 5.91 Å². The van der Waals surface area contributed by atoms with Gasteiger partial charge in [0.1, 0.15) is 5.82 Å². The average Bonchev–Trinajstić information content (AvgIpc) is 2.65. The molecule has 2 rings (SSSR count). The summed E-state index contributed by atoms with van der Waals surface area (Å²) in [7, 11) is 0. The fourth-order valence-electron chi connectivity index (χ4n) is 2.39. The van der Waals surface area contributed by atoms with E-state index in [0.29, 0.717) is 25.1 Å². The third kappa shape index (κ3) is 2.68. The van der Waals surface area contributed by atoms with Crippen LogP contribution in [0.4, 0.5) is 4.39 Å². The molecule has 0 aromatic heterocycles. The van der Waals surface area contributed by atoms with Gasteiger partial charge in [-0.25, -0.2) is 4.39 Å². The highest BCUT2D eigenvalue weighted by Crippen LogP contribution is 2.21. The molecular formula is C13H17FN2O2. The number of carbonyl (C=O) groups is 1. The molecule has 0 radical (unpaired) electrons. The molecule has 0 spiro atoms. The Hall–Kier alpha value is -1.46. The van der Waals surface area contributed by atoms with Crippen LogP contribution in [0.25, 0.3) is 0 Å². The maximum absolute atomic E-state index is 13.2. The number of nitrogens with zero attached hydrogens (tertiary/aromatic N) is 1. The van der Waals surface area contributed by atoms with Gasteiger partial charge < -0.3 is 10.8 Å². The Balaban J connectivity index is 2.12. The van der Waals surface area contributed by atoms with Gasteiger partial charge in [0.25, 0.3) is 0 Å². The largest absolute Gasteiger partial charge is 0.392 e. The zero-order chi connectivity index (χ0) is 13.3. The van der Waals surface area contributed by atoms with Crippen molar-refractivity contribution in [3.8, 4) is 0 Å². The maximum Gasteiger partial charge on any atom is 0.234 e. The van der Waals surface area contributed by atoms with E-state index in [4.69, 9.17) is 5.73 Å². The molecule has 0 bridgehead atoms. The van der Waals surface area contributed by atoms with Crippen molar-refractivity contribution in [1.29, 1.82) is 0 Å². The van der Waals surface area contributed by atoms with Gasteiger partial charge in [0.15, 0.2) is 0 Å². The number of aliphatic hydroxyl groups is 1. The van der Waals surface area contributed by atoms with Crippen molar-refractivity contribution in [3.63, 3.8) is 0 Å². The number of amides is 1. The van der Waals surface area contributed by atoms with E-state index in [1.807, 2.05) is 4.90 Å². The molecule has 1 aliphatic heterocycles. The standard InChI is InChI=1S/C13H17FN2O2/c1-8-4-9(2-3-11(8)14)6-16-7-10(17)5-12(16)13(15)18/h2-4,10,12,17H,5-7H2,1H3,(H2,15,18)/t10-,12+/m1/s1. The van der Waals surface area contributed by atoms with E-state index in [2.05, 4.69) is 0 Å². The molecule has 98 valence electrons. The smallest absolute Gasteiger partial charge is 0.234 e. The molecule has 1 amide bonds. The highest BCUT2D eigenvalue weighted by molar-refractivity contribution is 5.80. The van der Waals surface area contributed by atoms with E-state index < -0.39 is 18.1 Å². The Bertz CT molecular complexity index is 464. The predicted molar refractivity (Wildman–Crippen MR) is 65.2 cm³/mol. The Morgan fingerprint density at radius 3 is 2.94 bits per heavy atom. The van der Waals surface area contributed by atoms with E-state index >= 15 is 0 Å². The molecule has 1 heterocycles. The summed E-state index contributed by atoms with van der Waals surface area (Å²) in [5.74, 6) is -0.669. The third-order valence-corrected chi connectivity index (χ3v) is 3.32. The van der Waals surface area contributed by atoms with Crippen LogP contribution < -0.4 is 5.73 Å². The van der Waals surface area contributed by atoms with Crippen LogP contribution in [-0.2, 0) is 11.3 Å². The van der Waals surface area contributed by atoms with Crippen molar-refractivity contribution in [3.05, 3.63) is 35.1 Å². The Morgan fingerprint density at radius 2 is 2.33 bits per heavy atom. The minimum atomic E-state index is -0.524. The monoisotopic (exact) mass is 252 g/mol. The van der Waals surface area contributed by atoms with Gasteiger partial charge in [-0.1, -0.05) is 12.1 Å². The number of hydrogen-bond acceptors (Lipinski definition) is 3. The Kier molecular flexibility index (Phi) is 3.63. The Labute approximate surface area is 105 Å². The number of benzene rings is 1. The molecule has 0 aliphatic carbocycles. The first kappa shape index (κ1) is 13.0.